The molecule has 0 spiro atoms. The SMILES string of the molecule is CCC(C)NC(=O)C(Cc1ccccc1)N(Cc1ccc(Cl)cc1)C(=O)CN(c1cc(C)ccc1C)S(=O)(=O)N(C)C. The minimum atomic E-state index is -4.06. The van der Waals surface area contributed by atoms with Crippen LogP contribution in [0, 0.1) is 13.8 Å². The van der Waals surface area contributed by atoms with Gasteiger partial charge in [-0.05, 0) is 67.6 Å². The summed E-state index contributed by atoms with van der Waals surface area (Å²) in [5, 5.41) is 3.58. The van der Waals surface area contributed by atoms with Crippen LogP contribution in [0.1, 0.15) is 42.5 Å². The lowest BCUT2D eigenvalue weighted by Crippen LogP contribution is -2.55. The standard InChI is InChI=1S/C32H41ClN4O4S/c1-7-25(4)34-32(39)30(20-26-11-9-8-10-12-26)36(21-27-15-17-28(33)18-16-27)31(38)22-37(42(40,41)35(5)6)29-19-23(2)13-14-24(29)3/h8-19,25,30H,7,20-22H2,1-6H3,(H,34,39). The molecule has 0 fully saturated rings. The molecule has 0 aliphatic rings. The summed E-state index contributed by atoms with van der Waals surface area (Å²) in [6.07, 6.45) is 0.975. The van der Waals surface area contributed by atoms with Crippen molar-refractivity contribution >= 4 is 39.3 Å². The molecule has 0 radical (unpaired) electrons. The number of carbonyl (C=O) groups excluding carboxylic acids is 2. The maximum absolute atomic E-state index is 14.4. The smallest absolute Gasteiger partial charge is 0.304 e. The molecule has 0 saturated carbocycles. The van der Waals surface area contributed by atoms with Crippen LogP contribution in [0.3, 0.4) is 0 Å². The van der Waals surface area contributed by atoms with Gasteiger partial charge in [0.1, 0.15) is 12.6 Å². The molecule has 2 atom stereocenters. The van der Waals surface area contributed by atoms with Gasteiger partial charge >= 0.3 is 10.2 Å². The molecule has 0 aromatic heterocycles. The zero-order valence-electron chi connectivity index (χ0n) is 25.2. The first-order chi connectivity index (χ1) is 19.8. The number of aryl methyl sites for hydroxylation is 2. The van der Waals surface area contributed by atoms with E-state index < -0.39 is 28.7 Å². The van der Waals surface area contributed by atoms with E-state index in [1.54, 1.807) is 37.3 Å². The van der Waals surface area contributed by atoms with Crippen molar-refractivity contribution < 1.29 is 18.0 Å². The molecule has 3 rings (SSSR count). The van der Waals surface area contributed by atoms with Gasteiger partial charge in [-0.25, -0.2) is 4.31 Å². The van der Waals surface area contributed by atoms with Crippen LogP contribution in [0.25, 0.3) is 0 Å². The molecule has 226 valence electrons. The molecule has 3 aromatic carbocycles. The summed E-state index contributed by atoms with van der Waals surface area (Å²) in [5.74, 6) is -0.805. The lowest BCUT2D eigenvalue weighted by molar-refractivity contribution is -0.140. The number of anilines is 1. The van der Waals surface area contributed by atoms with Gasteiger partial charge in [-0.2, -0.15) is 12.7 Å². The van der Waals surface area contributed by atoms with Crippen LogP contribution in [0.15, 0.2) is 72.8 Å². The van der Waals surface area contributed by atoms with Gasteiger partial charge in [-0.15, -0.1) is 0 Å². The fourth-order valence-corrected chi connectivity index (χ4v) is 5.71. The molecular weight excluding hydrogens is 572 g/mol. The summed E-state index contributed by atoms with van der Waals surface area (Å²) in [4.78, 5) is 29.6. The Labute approximate surface area is 255 Å². The molecule has 0 heterocycles. The fourth-order valence-electron chi connectivity index (χ4n) is 4.47. The fraction of sp³-hybridized carbons (Fsp3) is 0.375. The third-order valence-electron chi connectivity index (χ3n) is 7.19. The highest BCUT2D eigenvalue weighted by Crippen LogP contribution is 2.26. The predicted molar refractivity (Wildman–Crippen MR) is 170 cm³/mol. The summed E-state index contributed by atoms with van der Waals surface area (Å²) in [6.45, 7) is 7.16. The molecule has 0 saturated heterocycles. The van der Waals surface area contributed by atoms with E-state index in [2.05, 4.69) is 5.32 Å². The molecule has 1 N–H and O–H groups in total. The minimum Gasteiger partial charge on any atom is -0.352 e. The van der Waals surface area contributed by atoms with Gasteiger partial charge in [0.05, 0.1) is 5.69 Å². The van der Waals surface area contributed by atoms with Gasteiger partial charge < -0.3 is 10.2 Å². The topological polar surface area (TPSA) is 90.0 Å². The van der Waals surface area contributed by atoms with Crippen LogP contribution in [0.4, 0.5) is 5.69 Å². The second-order valence-electron chi connectivity index (χ2n) is 10.8. The summed E-state index contributed by atoms with van der Waals surface area (Å²) in [6, 6.07) is 21.0. The Morgan fingerprint density at radius 1 is 0.929 bits per heavy atom. The number of rotatable bonds is 13. The van der Waals surface area contributed by atoms with Crippen molar-refractivity contribution in [2.75, 3.05) is 24.9 Å². The third-order valence-corrected chi connectivity index (χ3v) is 9.25. The van der Waals surface area contributed by atoms with E-state index in [1.165, 1.54) is 19.0 Å². The summed E-state index contributed by atoms with van der Waals surface area (Å²) < 4.78 is 29.4. The van der Waals surface area contributed by atoms with Gasteiger partial charge in [0.25, 0.3) is 0 Å². The molecule has 0 aliphatic carbocycles. The van der Waals surface area contributed by atoms with Crippen molar-refractivity contribution in [3.8, 4) is 0 Å². The Morgan fingerprint density at radius 3 is 2.17 bits per heavy atom. The minimum absolute atomic E-state index is 0.0874. The van der Waals surface area contributed by atoms with Gasteiger partial charge in [0, 0.05) is 38.1 Å². The second-order valence-corrected chi connectivity index (χ2v) is 13.3. The number of amides is 2. The van der Waals surface area contributed by atoms with Gasteiger partial charge in [0.2, 0.25) is 11.8 Å². The zero-order chi connectivity index (χ0) is 31.0. The second kappa shape index (κ2) is 14.7. The van der Waals surface area contributed by atoms with Crippen molar-refractivity contribution in [3.05, 3.63) is 100 Å². The van der Waals surface area contributed by atoms with Crippen molar-refractivity contribution in [2.24, 2.45) is 0 Å². The maximum Gasteiger partial charge on any atom is 0.304 e. The molecular formula is C32H41ClN4O4S. The Bertz CT molecular complexity index is 1460. The maximum atomic E-state index is 14.4. The largest absolute Gasteiger partial charge is 0.352 e. The average Bonchev–Trinajstić information content (AvgIpc) is 2.96. The molecule has 2 unspecified atom stereocenters. The van der Waals surface area contributed by atoms with Crippen LogP contribution in [-0.4, -0.2) is 62.2 Å². The Morgan fingerprint density at radius 2 is 1.57 bits per heavy atom. The highest BCUT2D eigenvalue weighted by Gasteiger charge is 2.35. The molecule has 8 nitrogen and oxygen atoms in total. The van der Waals surface area contributed by atoms with Gasteiger partial charge in [0.15, 0.2) is 0 Å². The van der Waals surface area contributed by atoms with E-state index in [1.807, 2.05) is 63.2 Å². The quantitative estimate of drug-likeness (QED) is 0.290. The van der Waals surface area contributed by atoms with Gasteiger partial charge in [-0.1, -0.05) is 73.1 Å². The predicted octanol–water partition coefficient (Wildman–Crippen LogP) is 5.12. The first kappa shape index (κ1) is 33.1. The molecule has 10 heteroatoms. The molecule has 42 heavy (non-hydrogen) atoms. The number of benzene rings is 3. The average molecular weight is 613 g/mol. The summed E-state index contributed by atoms with van der Waals surface area (Å²) in [7, 11) is -1.20. The number of carbonyl (C=O) groups is 2. The highest BCUT2D eigenvalue weighted by atomic mass is 35.5. The molecule has 3 aromatic rings. The van der Waals surface area contributed by atoms with Crippen LogP contribution in [0.2, 0.25) is 5.02 Å². The Balaban J connectivity index is 2.13. The van der Waals surface area contributed by atoms with Crippen molar-refractivity contribution in [3.63, 3.8) is 0 Å². The number of halogens is 1. The van der Waals surface area contributed by atoms with E-state index >= 15 is 0 Å². The van der Waals surface area contributed by atoms with Crippen LogP contribution < -0.4 is 9.62 Å². The summed E-state index contributed by atoms with van der Waals surface area (Å²) >= 11 is 6.13. The van der Waals surface area contributed by atoms with E-state index in [9.17, 15) is 18.0 Å². The molecule has 2 amide bonds. The van der Waals surface area contributed by atoms with Crippen molar-refractivity contribution in [2.45, 2.75) is 59.2 Å². The number of nitrogens with zero attached hydrogens (tertiary/aromatic N) is 3. The van der Waals surface area contributed by atoms with E-state index in [4.69, 9.17) is 11.6 Å². The van der Waals surface area contributed by atoms with E-state index in [-0.39, 0.29) is 24.9 Å². The number of hydrogen-bond acceptors (Lipinski definition) is 4. The Kier molecular flexibility index (Phi) is 11.6. The zero-order valence-corrected chi connectivity index (χ0v) is 26.7. The van der Waals surface area contributed by atoms with E-state index in [0.717, 1.165) is 31.7 Å². The lowest BCUT2D eigenvalue weighted by Gasteiger charge is -2.35. The highest BCUT2D eigenvalue weighted by molar-refractivity contribution is 7.90. The molecule has 0 bridgehead atoms. The van der Waals surface area contributed by atoms with Crippen LogP contribution >= 0.6 is 11.6 Å². The van der Waals surface area contributed by atoms with Crippen molar-refractivity contribution in [1.29, 1.82) is 0 Å². The number of nitrogens with one attached hydrogen (secondary N) is 1. The first-order valence-electron chi connectivity index (χ1n) is 14.0. The normalized spacial score (nSPS) is 13.0. The third kappa shape index (κ3) is 8.56. The van der Waals surface area contributed by atoms with Crippen LogP contribution in [0.5, 0.6) is 0 Å². The number of hydrogen-bond donors (Lipinski definition) is 1. The van der Waals surface area contributed by atoms with Crippen LogP contribution in [-0.2, 0) is 32.8 Å². The monoisotopic (exact) mass is 612 g/mol. The lowest BCUT2D eigenvalue weighted by atomic mass is 10.0. The van der Waals surface area contributed by atoms with Gasteiger partial charge in [-0.3, -0.25) is 9.59 Å². The molecule has 0 aliphatic heterocycles. The van der Waals surface area contributed by atoms with E-state index in [0.29, 0.717) is 16.3 Å². The van der Waals surface area contributed by atoms with Crippen molar-refractivity contribution in [1.82, 2.24) is 14.5 Å². The first-order valence-corrected chi connectivity index (χ1v) is 15.8. The summed E-state index contributed by atoms with van der Waals surface area (Å²) in [5.41, 5.74) is 3.61. The Hall–Kier alpha value is -3.40.